The van der Waals surface area contributed by atoms with Crippen LogP contribution in [-0.4, -0.2) is 25.6 Å². The van der Waals surface area contributed by atoms with E-state index >= 15 is 0 Å². The molecule has 0 saturated carbocycles. The van der Waals surface area contributed by atoms with Gasteiger partial charge in [0.2, 0.25) is 0 Å². The normalized spacial score (nSPS) is 10.6. The van der Waals surface area contributed by atoms with Crippen LogP contribution in [0, 0.1) is 5.82 Å². The van der Waals surface area contributed by atoms with Crippen molar-refractivity contribution in [3.8, 4) is 11.3 Å². The number of nitrogens with zero attached hydrogens (tertiary/aromatic N) is 2. The van der Waals surface area contributed by atoms with E-state index in [9.17, 15) is 4.39 Å². The van der Waals surface area contributed by atoms with Gasteiger partial charge in [-0.2, -0.15) is 0 Å². The zero-order valence-electron chi connectivity index (χ0n) is 13.9. The molecule has 3 nitrogen and oxygen atoms in total. The third-order valence-electron chi connectivity index (χ3n) is 3.84. The van der Waals surface area contributed by atoms with E-state index in [0.717, 1.165) is 33.5 Å². The molecule has 1 aromatic heterocycles. The molecule has 0 radical (unpaired) electrons. The molecule has 0 fully saturated rings. The van der Waals surface area contributed by atoms with Gasteiger partial charge in [-0.3, -0.25) is 0 Å². The van der Waals surface area contributed by atoms with E-state index in [1.165, 1.54) is 12.1 Å². The minimum Gasteiger partial charge on any atom is -0.382 e. The van der Waals surface area contributed by atoms with Crippen LogP contribution in [-0.2, 0) is 0 Å². The first-order valence-corrected chi connectivity index (χ1v) is 7.81. The minimum absolute atomic E-state index is 0.259. The number of hydrogen-bond acceptors (Lipinski definition) is 3. The quantitative estimate of drug-likeness (QED) is 0.690. The third-order valence-corrected chi connectivity index (χ3v) is 3.84. The summed E-state index contributed by atoms with van der Waals surface area (Å²) >= 11 is 0. The maximum Gasteiger partial charge on any atom is 0.123 e. The predicted octanol–water partition coefficient (Wildman–Crippen LogP) is 4.70. The Kier molecular flexibility index (Phi) is 4.47. The Hall–Kier alpha value is -2.88. The molecule has 0 atom stereocenters. The SMILES string of the molecule is C=CCNc1ccc2nc(-c3cccc(F)c3)cc(N(C)C)c2c1. The van der Waals surface area contributed by atoms with Crippen LogP contribution in [0.4, 0.5) is 15.8 Å². The fourth-order valence-corrected chi connectivity index (χ4v) is 2.67. The Morgan fingerprint density at radius 2 is 2.00 bits per heavy atom. The molecule has 0 bridgehead atoms. The lowest BCUT2D eigenvalue weighted by Crippen LogP contribution is -2.10. The van der Waals surface area contributed by atoms with Crippen molar-refractivity contribution in [2.45, 2.75) is 0 Å². The number of nitrogens with one attached hydrogen (secondary N) is 1. The van der Waals surface area contributed by atoms with Gasteiger partial charge in [-0.1, -0.05) is 18.2 Å². The van der Waals surface area contributed by atoms with Crippen LogP contribution in [0.15, 0.2) is 61.2 Å². The second-order valence-corrected chi connectivity index (χ2v) is 5.83. The number of rotatable bonds is 5. The molecule has 3 aromatic rings. The van der Waals surface area contributed by atoms with E-state index in [-0.39, 0.29) is 5.82 Å². The number of benzene rings is 2. The third kappa shape index (κ3) is 3.23. The Bertz CT molecular complexity index is 887. The molecule has 0 aliphatic carbocycles. The first-order chi connectivity index (χ1) is 11.6. The summed E-state index contributed by atoms with van der Waals surface area (Å²) in [5, 5.41) is 4.34. The molecule has 0 spiro atoms. The van der Waals surface area contributed by atoms with Crippen molar-refractivity contribution in [2.75, 3.05) is 30.9 Å². The first kappa shape index (κ1) is 16.0. The number of anilines is 2. The maximum absolute atomic E-state index is 13.5. The number of hydrogen-bond donors (Lipinski definition) is 1. The summed E-state index contributed by atoms with van der Waals surface area (Å²) in [6, 6.07) is 14.6. The molecule has 0 aliphatic rings. The molecular formula is C20H20FN3. The lowest BCUT2D eigenvalue weighted by Gasteiger charge is -2.18. The van der Waals surface area contributed by atoms with Gasteiger partial charge in [0.25, 0.3) is 0 Å². The van der Waals surface area contributed by atoms with Gasteiger partial charge in [0.05, 0.1) is 11.2 Å². The Morgan fingerprint density at radius 1 is 1.17 bits per heavy atom. The highest BCUT2D eigenvalue weighted by Gasteiger charge is 2.10. The lowest BCUT2D eigenvalue weighted by molar-refractivity contribution is 0.628. The molecule has 2 aromatic carbocycles. The standard InChI is InChI=1S/C20H20FN3/c1-4-10-22-16-8-9-18-17(12-16)20(24(2)3)13-19(23-18)14-6-5-7-15(21)11-14/h4-9,11-13,22H,1,10H2,2-3H3. The summed E-state index contributed by atoms with van der Waals surface area (Å²) in [4.78, 5) is 6.76. The van der Waals surface area contributed by atoms with Crippen LogP contribution in [0.2, 0.25) is 0 Å². The molecular weight excluding hydrogens is 301 g/mol. The topological polar surface area (TPSA) is 28.2 Å². The van der Waals surface area contributed by atoms with Crippen molar-refractivity contribution in [3.05, 3.63) is 67.0 Å². The van der Waals surface area contributed by atoms with Gasteiger partial charge in [-0.05, 0) is 36.4 Å². The molecule has 3 rings (SSSR count). The van der Waals surface area contributed by atoms with Crippen LogP contribution >= 0.6 is 0 Å². The summed E-state index contributed by atoms with van der Waals surface area (Å²) in [5.74, 6) is -0.259. The Balaban J connectivity index is 2.16. The number of halogens is 1. The zero-order valence-corrected chi connectivity index (χ0v) is 13.9. The lowest BCUT2D eigenvalue weighted by atomic mass is 10.1. The largest absolute Gasteiger partial charge is 0.382 e. The van der Waals surface area contributed by atoms with Crippen molar-refractivity contribution in [1.82, 2.24) is 4.98 Å². The van der Waals surface area contributed by atoms with Crippen LogP contribution < -0.4 is 10.2 Å². The first-order valence-electron chi connectivity index (χ1n) is 7.81. The van der Waals surface area contributed by atoms with Crippen LogP contribution in [0.25, 0.3) is 22.2 Å². The monoisotopic (exact) mass is 321 g/mol. The average molecular weight is 321 g/mol. The van der Waals surface area contributed by atoms with Gasteiger partial charge in [-0.15, -0.1) is 6.58 Å². The molecule has 4 heteroatoms. The highest BCUT2D eigenvalue weighted by atomic mass is 19.1. The smallest absolute Gasteiger partial charge is 0.123 e. The van der Waals surface area contributed by atoms with Crippen molar-refractivity contribution in [1.29, 1.82) is 0 Å². The van der Waals surface area contributed by atoms with E-state index in [0.29, 0.717) is 6.54 Å². The second kappa shape index (κ2) is 6.71. The number of fused-ring (bicyclic) bond motifs is 1. The van der Waals surface area contributed by atoms with Crippen molar-refractivity contribution in [3.63, 3.8) is 0 Å². The molecule has 0 aliphatic heterocycles. The average Bonchev–Trinajstić information content (AvgIpc) is 2.58. The predicted molar refractivity (Wildman–Crippen MR) is 100 cm³/mol. The molecule has 1 heterocycles. The van der Waals surface area contributed by atoms with Crippen LogP contribution in [0.1, 0.15) is 0 Å². The molecule has 1 N–H and O–H groups in total. The van der Waals surface area contributed by atoms with Crippen molar-refractivity contribution >= 4 is 22.3 Å². The van der Waals surface area contributed by atoms with Gasteiger partial charge < -0.3 is 10.2 Å². The second-order valence-electron chi connectivity index (χ2n) is 5.83. The van der Waals surface area contributed by atoms with Gasteiger partial charge in [0.1, 0.15) is 5.82 Å². The maximum atomic E-state index is 13.5. The summed E-state index contributed by atoms with van der Waals surface area (Å²) in [5.41, 5.74) is 4.48. The van der Waals surface area contributed by atoms with E-state index < -0.39 is 0 Å². The van der Waals surface area contributed by atoms with Gasteiger partial charge >= 0.3 is 0 Å². The summed E-state index contributed by atoms with van der Waals surface area (Å²) in [7, 11) is 3.99. The van der Waals surface area contributed by atoms with Gasteiger partial charge in [-0.25, -0.2) is 9.37 Å². The summed E-state index contributed by atoms with van der Waals surface area (Å²) in [6.45, 7) is 4.43. The molecule has 0 amide bonds. The van der Waals surface area contributed by atoms with Crippen molar-refractivity contribution < 1.29 is 4.39 Å². The zero-order chi connectivity index (χ0) is 17.1. The molecule has 0 unspecified atom stereocenters. The van der Waals surface area contributed by atoms with E-state index in [1.807, 2.05) is 49.3 Å². The molecule has 24 heavy (non-hydrogen) atoms. The van der Waals surface area contributed by atoms with E-state index in [4.69, 9.17) is 4.98 Å². The van der Waals surface area contributed by atoms with Crippen molar-refractivity contribution in [2.24, 2.45) is 0 Å². The Labute approximate surface area is 141 Å². The Morgan fingerprint density at radius 3 is 2.71 bits per heavy atom. The van der Waals surface area contributed by atoms with Crippen LogP contribution in [0.5, 0.6) is 0 Å². The number of pyridine rings is 1. The van der Waals surface area contributed by atoms with Gasteiger partial charge in [0.15, 0.2) is 0 Å². The fraction of sp³-hybridized carbons (Fsp3) is 0.150. The van der Waals surface area contributed by atoms with Gasteiger partial charge in [0, 0.05) is 43.0 Å². The highest BCUT2D eigenvalue weighted by Crippen LogP contribution is 2.31. The molecule has 122 valence electrons. The van der Waals surface area contributed by atoms with E-state index in [1.54, 1.807) is 6.07 Å². The molecule has 0 saturated heterocycles. The summed E-state index contributed by atoms with van der Waals surface area (Å²) in [6.07, 6.45) is 1.82. The van der Waals surface area contributed by atoms with Crippen LogP contribution in [0.3, 0.4) is 0 Å². The number of aromatic nitrogens is 1. The fourth-order valence-electron chi connectivity index (χ4n) is 2.67. The summed E-state index contributed by atoms with van der Waals surface area (Å²) < 4.78 is 13.5. The van der Waals surface area contributed by atoms with E-state index in [2.05, 4.69) is 18.0 Å². The highest BCUT2D eigenvalue weighted by molar-refractivity contribution is 5.96. The minimum atomic E-state index is -0.259.